The van der Waals surface area contributed by atoms with E-state index in [2.05, 4.69) is 84.0 Å². The third-order valence-electron chi connectivity index (χ3n) is 12.8. The van der Waals surface area contributed by atoms with Crippen LogP contribution in [0.1, 0.15) is 63.0 Å². The highest BCUT2D eigenvalue weighted by molar-refractivity contribution is 5.73. The fourth-order valence-corrected chi connectivity index (χ4v) is 10.0. The van der Waals surface area contributed by atoms with Gasteiger partial charge in [0.25, 0.3) is 0 Å². The van der Waals surface area contributed by atoms with Crippen molar-refractivity contribution in [2.75, 3.05) is 81.6 Å². The van der Waals surface area contributed by atoms with Crippen molar-refractivity contribution in [3.8, 4) is 17.2 Å². The number of hydrogen-bond acceptors (Lipinski definition) is 14. The van der Waals surface area contributed by atoms with Crippen molar-refractivity contribution in [1.29, 1.82) is 0 Å². The molecule has 302 valence electrons. The van der Waals surface area contributed by atoms with E-state index in [1.807, 2.05) is 13.1 Å². The summed E-state index contributed by atoms with van der Waals surface area (Å²) in [6, 6.07) is 6.87. The van der Waals surface area contributed by atoms with Gasteiger partial charge < -0.3 is 45.7 Å². The molecule has 7 heterocycles. The van der Waals surface area contributed by atoms with Crippen molar-refractivity contribution in [2.45, 2.75) is 101 Å². The molecule has 7 aliphatic rings. The first-order valence-corrected chi connectivity index (χ1v) is 21.0. The molecular weight excluding hydrogens is 702 g/mol. The molecule has 5 saturated heterocycles. The lowest BCUT2D eigenvalue weighted by Crippen LogP contribution is -2.64. The smallest absolute Gasteiger partial charge is 0.173 e. The third kappa shape index (κ3) is 8.17. The zero-order chi connectivity index (χ0) is 37.5. The largest absolute Gasteiger partial charge is 0.486 e. The van der Waals surface area contributed by atoms with E-state index < -0.39 is 0 Å². The second-order valence-electron chi connectivity index (χ2n) is 17.0. The molecule has 0 bridgehead atoms. The van der Waals surface area contributed by atoms with Gasteiger partial charge in [-0.05, 0) is 96.0 Å². The van der Waals surface area contributed by atoms with Crippen LogP contribution in [0.4, 0.5) is 21.5 Å². The standard InChI is InChI=1S/C40H62FN11O3/c1-22-11-33(42-3)50-40(47-22)49-31-14-25-13-29(55-37(25)36(35(31)41)52-20-26-17-44-18-27(26)21-52)19-45-34-12-23(2)46-39(51-34)48-28-15-30(24-5-4-7-43-8-6-24)38-32(16-28)53-9-10-54-38/h14-16,22-24,26-27,29,33-34,39-40,42-51H,4-13,17-21H2,1-3H3/t22?,23?,24?,26-,27+,29?,33?,34?,39?,40?. The number of nitrogens with one attached hydrogen (secondary N) is 10. The van der Waals surface area contributed by atoms with Crippen molar-refractivity contribution in [3.63, 3.8) is 0 Å². The Bertz CT molecular complexity index is 1650. The van der Waals surface area contributed by atoms with Gasteiger partial charge in [-0.15, -0.1) is 0 Å². The normalized spacial score (nSPS) is 34.4. The molecular formula is C40H62FN11O3. The minimum absolute atomic E-state index is 0.0510. The van der Waals surface area contributed by atoms with Crippen LogP contribution in [-0.2, 0) is 6.42 Å². The number of benzene rings is 2. The van der Waals surface area contributed by atoms with Crippen molar-refractivity contribution >= 4 is 17.1 Å². The topological polar surface area (TPSA) is 151 Å². The average Bonchev–Trinajstić information content (AvgIpc) is 3.83. The molecule has 0 aromatic heterocycles. The van der Waals surface area contributed by atoms with Crippen LogP contribution in [0.15, 0.2) is 18.2 Å². The second kappa shape index (κ2) is 16.4. The maximum Gasteiger partial charge on any atom is 0.173 e. The SMILES string of the molecule is CNC1CC(C)NC(Nc2cc3c(c(N4C[C@H]5CNC[C@H]5C4)c2F)OC(CNC2CC(C)NC(Nc4cc5c(c(C6CCCNCC6)c4)OCCO5)N2)C3)N1. The molecule has 14 nitrogen and oxygen atoms in total. The number of ether oxygens (including phenoxy) is 3. The Morgan fingerprint density at radius 2 is 1.60 bits per heavy atom. The number of nitrogens with zero attached hydrogens (tertiary/aromatic N) is 1. The zero-order valence-corrected chi connectivity index (χ0v) is 32.7. The van der Waals surface area contributed by atoms with Gasteiger partial charge in [0.1, 0.15) is 43.3 Å². The van der Waals surface area contributed by atoms with Crippen LogP contribution in [-0.4, -0.2) is 109 Å². The molecule has 0 amide bonds. The molecule has 8 unspecified atom stereocenters. The van der Waals surface area contributed by atoms with Crippen LogP contribution in [0, 0.1) is 17.7 Å². The summed E-state index contributed by atoms with van der Waals surface area (Å²) in [5.74, 6) is 3.70. The van der Waals surface area contributed by atoms with Crippen molar-refractivity contribution in [3.05, 3.63) is 35.1 Å². The van der Waals surface area contributed by atoms with Gasteiger partial charge in [-0.25, -0.2) is 4.39 Å². The molecule has 0 radical (unpaired) electrons. The average molecular weight is 764 g/mol. The molecule has 0 spiro atoms. The lowest BCUT2D eigenvalue weighted by Gasteiger charge is -2.38. The number of halogens is 1. The van der Waals surface area contributed by atoms with Gasteiger partial charge in [-0.1, -0.05) is 0 Å². The molecule has 55 heavy (non-hydrogen) atoms. The summed E-state index contributed by atoms with van der Waals surface area (Å²) < 4.78 is 35.8. The lowest BCUT2D eigenvalue weighted by molar-refractivity contribution is 0.169. The predicted octanol–water partition coefficient (Wildman–Crippen LogP) is 1.91. The number of hydrogen-bond donors (Lipinski definition) is 10. The minimum Gasteiger partial charge on any atom is -0.486 e. The van der Waals surface area contributed by atoms with Gasteiger partial charge >= 0.3 is 0 Å². The predicted molar refractivity (Wildman–Crippen MR) is 214 cm³/mol. The zero-order valence-electron chi connectivity index (χ0n) is 32.7. The van der Waals surface area contributed by atoms with E-state index in [1.165, 1.54) is 5.56 Å². The number of anilines is 3. The molecule has 7 aliphatic heterocycles. The maximum atomic E-state index is 16.8. The minimum atomic E-state index is -0.263. The monoisotopic (exact) mass is 764 g/mol. The van der Waals surface area contributed by atoms with Crippen LogP contribution in [0.5, 0.6) is 17.2 Å². The molecule has 15 heteroatoms. The van der Waals surface area contributed by atoms with E-state index in [0.29, 0.717) is 61.1 Å². The molecule has 5 fully saturated rings. The Morgan fingerprint density at radius 1 is 0.836 bits per heavy atom. The third-order valence-corrected chi connectivity index (χ3v) is 12.8. The van der Waals surface area contributed by atoms with Crippen LogP contribution in [0.25, 0.3) is 0 Å². The summed E-state index contributed by atoms with van der Waals surface area (Å²) in [5.41, 5.74) is 4.43. The van der Waals surface area contributed by atoms with E-state index in [-0.39, 0.29) is 48.9 Å². The number of fused-ring (bicyclic) bond motifs is 3. The molecule has 0 aliphatic carbocycles. The first-order valence-electron chi connectivity index (χ1n) is 21.0. The summed E-state index contributed by atoms with van der Waals surface area (Å²) in [5, 5.41) is 35.9. The summed E-state index contributed by atoms with van der Waals surface area (Å²) >= 11 is 0. The van der Waals surface area contributed by atoms with Crippen LogP contribution in [0.2, 0.25) is 0 Å². The Balaban J connectivity index is 0.881. The van der Waals surface area contributed by atoms with Crippen molar-refractivity contribution in [1.82, 2.24) is 42.5 Å². The Labute approximate surface area is 324 Å². The highest BCUT2D eigenvalue weighted by atomic mass is 19.1. The summed E-state index contributed by atoms with van der Waals surface area (Å²) in [7, 11) is 1.95. The first kappa shape index (κ1) is 37.4. The lowest BCUT2D eigenvalue weighted by atomic mass is 9.90. The maximum absolute atomic E-state index is 16.8. The van der Waals surface area contributed by atoms with E-state index in [1.54, 1.807) is 0 Å². The van der Waals surface area contributed by atoms with Gasteiger partial charge in [-0.2, -0.15) is 0 Å². The highest BCUT2D eigenvalue weighted by Crippen LogP contribution is 2.47. The van der Waals surface area contributed by atoms with Crippen molar-refractivity contribution < 1.29 is 18.6 Å². The Hall–Kier alpha value is -3.15. The van der Waals surface area contributed by atoms with E-state index in [9.17, 15) is 0 Å². The second-order valence-corrected chi connectivity index (χ2v) is 17.0. The Morgan fingerprint density at radius 3 is 2.42 bits per heavy atom. The molecule has 10 N–H and O–H groups in total. The number of rotatable bonds is 10. The quantitative estimate of drug-likeness (QED) is 0.172. The summed E-state index contributed by atoms with van der Waals surface area (Å²) in [6.45, 7) is 11.9. The fourth-order valence-electron chi connectivity index (χ4n) is 10.0. The van der Waals surface area contributed by atoms with Crippen LogP contribution >= 0.6 is 0 Å². The van der Waals surface area contributed by atoms with Gasteiger partial charge in [0.2, 0.25) is 0 Å². The highest BCUT2D eigenvalue weighted by Gasteiger charge is 2.41. The first-order chi connectivity index (χ1) is 26.9. The van der Waals surface area contributed by atoms with E-state index in [4.69, 9.17) is 14.2 Å². The van der Waals surface area contributed by atoms with Gasteiger partial charge in [0.15, 0.2) is 17.3 Å². The molecule has 0 saturated carbocycles. The summed E-state index contributed by atoms with van der Waals surface area (Å²) in [4.78, 5) is 2.24. The van der Waals surface area contributed by atoms with Crippen LogP contribution in [0.3, 0.4) is 0 Å². The van der Waals surface area contributed by atoms with Gasteiger partial charge in [0.05, 0.1) is 18.0 Å². The van der Waals surface area contributed by atoms with Gasteiger partial charge in [0, 0.05) is 74.1 Å². The Kier molecular flexibility index (Phi) is 11.1. The fraction of sp³-hybridized carbons (Fsp3) is 0.700. The summed E-state index contributed by atoms with van der Waals surface area (Å²) in [6.07, 6.45) is 5.60. The van der Waals surface area contributed by atoms with E-state index >= 15 is 4.39 Å². The van der Waals surface area contributed by atoms with Gasteiger partial charge in [-0.3, -0.25) is 26.6 Å². The van der Waals surface area contributed by atoms with Crippen LogP contribution < -0.4 is 72.3 Å². The van der Waals surface area contributed by atoms with Crippen molar-refractivity contribution in [2.24, 2.45) is 11.8 Å². The molecule has 2 aromatic rings. The van der Waals surface area contributed by atoms with E-state index in [0.717, 1.165) is 94.1 Å². The molecule has 2 aromatic carbocycles. The molecule has 10 atom stereocenters. The molecule has 9 rings (SSSR count).